The summed E-state index contributed by atoms with van der Waals surface area (Å²) in [5, 5.41) is 3.66. The molecule has 0 fully saturated rings. The number of halogens is 2. The summed E-state index contributed by atoms with van der Waals surface area (Å²) < 4.78 is 32.8. The molecule has 0 spiro atoms. The predicted octanol–water partition coefficient (Wildman–Crippen LogP) is 2.22. The SMILES string of the molecule is O=S(=O)(O)OCCNc1ccc(Cl)c(Cl)c1. The first kappa shape index (κ1) is 13.5. The zero-order valence-corrected chi connectivity index (χ0v) is 10.3. The Balaban J connectivity index is 2.41. The summed E-state index contributed by atoms with van der Waals surface area (Å²) in [5.41, 5.74) is 0.674. The number of nitrogens with one attached hydrogen (secondary N) is 1. The normalized spacial score (nSPS) is 11.4. The number of anilines is 1. The summed E-state index contributed by atoms with van der Waals surface area (Å²) in [7, 11) is -4.38. The topological polar surface area (TPSA) is 75.6 Å². The van der Waals surface area contributed by atoms with E-state index in [0.717, 1.165) is 0 Å². The molecule has 0 unspecified atom stereocenters. The minimum Gasteiger partial charge on any atom is -0.383 e. The Hall–Kier alpha value is -0.530. The highest BCUT2D eigenvalue weighted by Gasteiger charge is 2.03. The third-order valence-electron chi connectivity index (χ3n) is 1.58. The number of benzene rings is 1. The van der Waals surface area contributed by atoms with Gasteiger partial charge < -0.3 is 5.32 Å². The van der Waals surface area contributed by atoms with Gasteiger partial charge in [-0.1, -0.05) is 23.2 Å². The molecule has 2 N–H and O–H groups in total. The van der Waals surface area contributed by atoms with Crippen molar-refractivity contribution in [1.29, 1.82) is 0 Å². The fourth-order valence-corrected chi connectivity index (χ4v) is 1.54. The van der Waals surface area contributed by atoms with Crippen molar-refractivity contribution in [2.75, 3.05) is 18.5 Å². The highest BCUT2D eigenvalue weighted by Crippen LogP contribution is 2.24. The van der Waals surface area contributed by atoms with Crippen LogP contribution in [-0.4, -0.2) is 26.1 Å². The fourth-order valence-electron chi connectivity index (χ4n) is 0.948. The van der Waals surface area contributed by atoms with E-state index in [1.165, 1.54) is 0 Å². The largest absolute Gasteiger partial charge is 0.397 e. The maximum absolute atomic E-state index is 10.2. The highest BCUT2D eigenvalue weighted by atomic mass is 35.5. The van der Waals surface area contributed by atoms with E-state index in [2.05, 4.69) is 9.50 Å². The van der Waals surface area contributed by atoms with Crippen LogP contribution in [0.5, 0.6) is 0 Å². The molecule has 1 rings (SSSR count). The van der Waals surface area contributed by atoms with Gasteiger partial charge in [0.25, 0.3) is 0 Å². The average Bonchev–Trinajstić information content (AvgIpc) is 2.17. The van der Waals surface area contributed by atoms with Crippen LogP contribution in [0.3, 0.4) is 0 Å². The van der Waals surface area contributed by atoms with Gasteiger partial charge in [-0.3, -0.25) is 4.55 Å². The molecule has 0 aliphatic heterocycles. The first-order chi connectivity index (χ1) is 7.38. The zero-order chi connectivity index (χ0) is 12.2. The second-order valence-corrected chi connectivity index (χ2v) is 4.71. The van der Waals surface area contributed by atoms with Crippen molar-refractivity contribution in [3.05, 3.63) is 28.2 Å². The minimum atomic E-state index is -4.38. The van der Waals surface area contributed by atoms with Gasteiger partial charge in [-0.25, -0.2) is 4.18 Å². The van der Waals surface area contributed by atoms with E-state index in [0.29, 0.717) is 15.7 Å². The number of rotatable bonds is 5. The summed E-state index contributed by atoms with van der Waals surface area (Å²) in [4.78, 5) is 0. The molecule has 1 aromatic carbocycles. The van der Waals surface area contributed by atoms with Crippen LogP contribution in [0.25, 0.3) is 0 Å². The van der Waals surface area contributed by atoms with Crippen molar-refractivity contribution in [1.82, 2.24) is 0 Å². The molecule has 0 aromatic heterocycles. The lowest BCUT2D eigenvalue weighted by molar-refractivity contribution is 0.278. The highest BCUT2D eigenvalue weighted by molar-refractivity contribution is 7.80. The van der Waals surface area contributed by atoms with Crippen LogP contribution in [0.15, 0.2) is 18.2 Å². The molecule has 0 heterocycles. The molecule has 16 heavy (non-hydrogen) atoms. The third kappa shape index (κ3) is 5.00. The minimum absolute atomic E-state index is 0.181. The molecule has 0 bridgehead atoms. The van der Waals surface area contributed by atoms with Crippen LogP contribution in [0.1, 0.15) is 0 Å². The Morgan fingerprint density at radius 2 is 2.00 bits per heavy atom. The van der Waals surface area contributed by atoms with Crippen LogP contribution in [-0.2, 0) is 14.6 Å². The van der Waals surface area contributed by atoms with E-state index in [-0.39, 0.29) is 13.2 Å². The average molecular weight is 286 g/mol. The first-order valence-electron chi connectivity index (χ1n) is 4.19. The second kappa shape index (κ2) is 5.70. The number of hydrogen-bond donors (Lipinski definition) is 2. The van der Waals surface area contributed by atoms with Crippen molar-refractivity contribution in [3.63, 3.8) is 0 Å². The molecule has 8 heteroatoms. The van der Waals surface area contributed by atoms with Gasteiger partial charge in [-0.05, 0) is 18.2 Å². The zero-order valence-electron chi connectivity index (χ0n) is 7.98. The Kier molecular flexibility index (Phi) is 4.82. The summed E-state index contributed by atoms with van der Waals surface area (Å²) >= 11 is 11.5. The molecule has 0 atom stereocenters. The van der Waals surface area contributed by atoms with E-state index < -0.39 is 10.4 Å². The molecule has 0 saturated heterocycles. The lowest BCUT2D eigenvalue weighted by atomic mass is 10.3. The standard InChI is InChI=1S/C8H9Cl2NO4S/c9-7-2-1-6(5-8(7)10)11-3-4-15-16(12,13)14/h1-2,5,11H,3-4H2,(H,12,13,14). The lowest BCUT2D eigenvalue weighted by Gasteiger charge is -2.06. The monoisotopic (exact) mass is 285 g/mol. The Bertz CT molecular complexity index is 463. The van der Waals surface area contributed by atoms with E-state index in [1.807, 2.05) is 0 Å². The van der Waals surface area contributed by atoms with Gasteiger partial charge in [0.1, 0.15) is 0 Å². The molecule has 0 saturated carbocycles. The van der Waals surface area contributed by atoms with Crippen LogP contribution < -0.4 is 5.32 Å². The molecular formula is C8H9Cl2NO4S. The molecular weight excluding hydrogens is 277 g/mol. The summed E-state index contributed by atoms with van der Waals surface area (Å²) in [5.74, 6) is 0. The summed E-state index contributed by atoms with van der Waals surface area (Å²) in [6, 6.07) is 4.88. The fraction of sp³-hybridized carbons (Fsp3) is 0.250. The van der Waals surface area contributed by atoms with Crippen LogP contribution in [0, 0.1) is 0 Å². The van der Waals surface area contributed by atoms with Crippen molar-refractivity contribution >= 4 is 39.3 Å². The molecule has 1 aromatic rings. The lowest BCUT2D eigenvalue weighted by Crippen LogP contribution is -2.13. The molecule has 5 nitrogen and oxygen atoms in total. The number of hydrogen-bond acceptors (Lipinski definition) is 4. The van der Waals surface area contributed by atoms with Crippen LogP contribution in [0.2, 0.25) is 10.0 Å². The van der Waals surface area contributed by atoms with Crippen molar-refractivity contribution in [2.45, 2.75) is 0 Å². The molecule has 0 radical (unpaired) electrons. The van der Waals surface area contributed by atoms with Gasteiger partial charge in [-0.2, -0.15) is 8.42 Å². The van der Waals surface area contributed by atoms with Crippen molar-refractivity contribution in [2.24, 2.45) is 0 Å². The van der Waals surface area contributed by atoms with Gasteiger partial charge in [-0.15, -0.1) is 0 Å². The maximum Gasteiger partial charge on any atom is 0.397 e. The molecule has 0 aliphatic rings. The van der Waals surface area contributed by atoms with Gasteiger partial charge in [0.05, 0.1) is 16.7 Å². The Labute approximate surface area is 103 Å². The van der Waals surface area contributed by atoms with E-state index in [1.54, 1.807) is 18.2 Å². The van der Waals surface area contributed by atoms with Crippen LogP contribution >= 0.6 is 23.2 Å². The molecule has 90 valence electrons. The summed E-state index contributed by atoms with van der Waals surface area (Å²) in [6.07, 6.45) is 0. The third-order valence-corrected chi connectivity index (χ3v) is 2.79. The van der Waals surface area contributed by atoms with Gasteiger partial charge >= 0.3 is 10.4 Å². The molecule has 0 aliphatic carbocycles. The van der Waals surface area contributed by atoms with E-state index in [4.69, 9.17) is 27.8 Å². The van der Waals surface area contributed by atoms with Crippen molar-refractivity contribution in [3.8, 4) is 0 Å². The Morgan fingerprint density at radius 3 is 2.56 bits per heavy atom. The first-order valence-corrected chi connectivity index (χ1v) is 6.31. The smallest absolute Gasteiger partial charge is 0.383 e. The van der Waals surface area contributed by atoms with Crippen LogP contribution in [0.4, 0.5) is 5.69 Å². The van der Waals surface area contributed by atoms with Gasteiger partial charge in [0.15, 0.2) is 0 Å². The van der Waals surface area contributed by atoms with E-state index in [9.17, 15) is 8.42 Å². The van der Waals surface area contributed by atoms with E-state index >= 15 is 0 Å². The second-order valence-electron chi connectivity index (χ2n) is 2.81. The predicted molar refractivity (Wildman–Crippen MR) is 62.5 cm³/mol. The summed E-state index contributed by atoms with van der Waals surface area (Å²) in [6.45, 7) is 0.0246. The Morgan fingerprint density at radius 1 is 1.31 bits per heavy atom. The quantitative estimate of drug-likeness (QED) is 0.641. The van der Waals surface area contributed by atoms with Gasteiger partial charge in [0.2, 0.25) is 0 Å². The van der Waals surface area contributed by atoms with Crippen molar-refractivity contribution < 1.29 is 17.2 Å². The van der Waals surface area contributed by atoms with Gasteiger partial charge in [0, 0.05) is 12.2 Å². The molecule has 0 amide bonds. The maximum atomic E-state index is 10.2.